The van der Waals surface area contributed by atoms with E-state index in [1.54, 1.807) is 6.20 Å². The molecule has 0 aliphatic rings. The van der Waals surface area contributed by atoms with Crippen LogP contribution in [0.2, 0.25) is 0 Å². The number of nitrogens with two attached hydrogens (primary N) is 1. The molecule has 4 nitrogen and oxygen atoms in total. The van der Waals surface area contributed by atoms with Gasteiger partial charge in [0.2, 0.25) is 0 Å². The van der Waals surface area contributed by atoms with Crippen LogP contribution in [0.25, 0.3) is 10.4 Å². The standard InChI is InChI=1S/C9H12N4S/c1-5-8(6(2)13(3)12-5)7-4-11-9(10)14-7/h4H,1-3H3,(H2,10,11). The molecule has 0 bridgehead atoms. The molecule has 2 aromatic rings. The molecule has 0 fully saturated rings. The first kappa shape index (κ1) is 9.21. The summed E-state index contributed by atoms with van der Waals surface area (Å²) in [7, 11) is 1.94. The second kappa shape index (κ2) is 3.09. The molecule has 2 aromatic heterocycles. The number of aryl methyl sites for hydroxylation is 2. The molecule has 0 amide bonds. The Morgan fingerprint density at radius 2 is 2.14 bits per heavy atom. The van der Waals surface area contributed by atoms with E-state index in [0.29, 0.717) is 5.13 Å². The van der Waals surface area contributed by atoms with Crippen LogP contribution in [-0.2, 0) is 7.05 Å². The zero-order valence-corrected chi connectivity index (χ0v) is 9.22. The average molecular weight is 208 g/mol. The molecule has 0 saturated heterocycles. The van der Waals surface area contributed by atoms with Crippen molar-refractivity contribution in [3.8, 4) is 10.4 Å². The van der Waals surface area contributed by atoms with E-state index in [4.69, 9.17) is 5.73 Å². The maximum absolute atomic E-state index is 5.60. The van der Waals surface area contributed by atoms with Gasteiger partial charge in [-0.3, -0.25) is 4.68 Å². The van der Waals surface area contributed by atoms with Crippen LogP contribution in [0.3, 0.4) is 0 Å². The Hall–Kier alpha value is -1.36. The van der Waals surface area contributed by atoms with Crippen molar-refractivity contribution in [2.45, 2.75) is 13.8 Å². The van der Waals surface area contributed by atoms with Gasteiger partial charge in [0.15, 0.2) is 5.13 Å². The van der Waals surface area contributed by atoms with E-state index in [9.17, 15) is 0 Å². The molecule has 5 heteroatoms. The van der Waals surface area contributed by atoms with Crippen molar-refractivity contribution in [3.05, 3.63) is 17.6 Å². The molecule has 0 saturated carbocycles. The quantitative estimate of drug-likeness (QED) is 0.776. The maximum atomic E-state index is 5.60. The van der Waals surface area contributed by atoms with E-state index in [1.807, 2.05) is 25.6 Å². The third-order valence-electron chi connectivity index (χ3n) is 2.28. The summed E-state index contributed by atoms with van der Waals surface area (Å²) >= 11 is 1.50. The van der Waals surface area contributed by atoms with Gasteiger partial charge >= 0.3 is 0 Å². The second-order valence-electron chi connectivity index (χ2n) is 3.23. The molecule has 14 heavy (non-hydrogen) atoms. The first-order chi connectivity index (χ1) is 6.59. The summed E-state index contributed by atoms with van der Waals surface area (Å²) in [5.74, 6) is 0. The molecule has 74 valence electrons. The van der Waals surface area contributed by atoms with Gasteiger partial charge in [-0.25, -0.2) is 4.98 Å². The Bertz CT molecular complexity index is 469. The van der Waals surface area contributed by atoms with Gasteiger partial charge in [-0.15, -0.1) is 0 Å². The van der Waals surface area contributed by atoms with E-state index in [2.05, 4.69) is 10.1 Å². The molecule has 0 unspecified atom stereocenters. The molecule has 2 N–H and O–H groups in total. The Balaban J connectivity index is 2.61. The van der Waals surface area contributed by atoms with Crippen molar-refractivity contribution in [2.75, 3.05) is 5.73 Å². The monoisotopic (exact) mass is 208 g/mol. The lowest BCUT2D eigenvalue weighted by molar-refractivity contribution is 0.731. The Morgan fingerprint density at radius 1 is 1.43 bits per heavy atom. The van der Waals surface area contributed by atoms with Gasteiger partial charge in [0, 0.05) is 24.5 Å². The summed E-state index contributed by atoms with van der Waals surface area (Å²) in [5.41, 5.74) is 8.92. The average Bonchev–Trinajstić information content (AvgIpc) is 2.60. The van der Waals surface area contributed by atoms with Gasteiger partial charge in [-0.05, 0) is 13.8 Å². The number of thiazole rings is 1. The highest BCUT2D eigenvalue weighted by molar-refractivity contribution is 7.18. The molecule has 2 rings (SSSR count). The topological polar surface area (TPSA) is 56.7 Å². The molecule has 0 atom stereocenters. The summed E-state index contributed by atoms with van der Waals surface area (Å²) in [6.07, 6.45) is 1.80. The fraction of sp³-hybridized carbons (Fsp3) is 0.333. The lowest BCUT2D eigenvalue weighted by atomic mass is 10.2. The van der Waals surface area contributed by atoms with E-state index < -0.39 is 0 Å². The predicted molar refractivity (Wildman–Crippen MR) is 58.2 cm³/mol. The Labute approximate surface area is 86.4 Å². The lowest BCUT2D eigenvalue weighted by Gasteiger charge is -1.96. The fourth-order valence-electron chi connectivity index (χ4n) is 1.53. The fourth-order valence-corrected chi connectivity index (χ4v) is 2.37. The number of hydrogen-bond donors (Lipinski definition) is 1. The zero-order valence-electron chi connectivity index (χ0n) is 8.40. The minimum atomic E-state index is 0.600. The van der Waals surface area contributed by atoms with Crippen molar-refractivity contribution in [1.29, 1.82) is 0 Å². The second-order valence-corrected chi connectivity index (χ2v) is 4.29. The number of nitrogen functional groups attached to an aromatic ring is 1. The molecular weight excluding hydrogens is 196 g/mol. The highest BCUT2D eigenvalue weighted by atomic mass is 32.1. The third kappa shape index (κ3) is 1.29. The summed E-state index contributed by atoms with van der Waals surface area (Å²) in [6.45, 7) is 4.05. The van der Waals surface area contributed by atoms with Gasteiger partial charge < -0.3 is 5.73 Å². The van der Waals surface area contributed by atoms with Crippen LogP contribution < -0.4 is 5.73 Å². The molecule has 0 radical (unpaired) electrons. The van der Waals surface area contributed by atoms with Crippen molar-refractivity contribution < 1.29 is 0 Å². The Morgan fingerprint density at radius 3 is 2.57 bits per heavy atom. The molecule has 0 aliphatic carbocycles. The highest BCUT2D eigenvalue weighted by Gasteiger charge is 2.13. The first-order valence-corrected chi connectivity index (χ1v) is 5.13. The van der Waals surface area contributed by atoms with Gasteiger partial charge in [0.1, 0.15) is 0 Å². The summed E-state index contributed by atoms with van der Waals surface area (Å²) < 4.78 is 1.88. The number of nitrogens with zero attached hydrogens (tertiary/aromatic N) is 3. The molecule has 0 aliphatic heterocycles. The summed E-state index contributed by atoms with van der Waals surface area (Å²) in [5, 5.41) is 4.95. The van der Waals surface area contributed by atoms with Crippen LogP contribution in [0.5, 0.6) is 0 Å². The summed E-state index contributed by atoms with van der Waals surface area (Å²) in [6, 6.07) is 0. The van der Waals surface area contributed by atoms with Crippen LogP contribution in [0, 0.1) is 13.8 Å². The predicted octanol–water partition coefficient (Wildman–Crippen LogP) is 1.74. The van der Waals surface area contributed by atoms with Crippen molar-refractivity contribution >= 4 is 16.5 Å². The van der Waals surface area contributed by atoms with E-state index in [0.717, 1.165) is 21.8 Å². The normalized spacial score (nSPS) is 10.8. The molecule has 0 aromatic carbocycles. The lowest BCUT2D eigenvalue weighted by Crippen LogP contribution is -1.92. The SMILES string of the molecule is Cc1nn(C)c(C)c1-c1cnc(N)s1. The van der Waals surface area contributed by atoms with Crippen molar-refractivity contribution in [2.24, 2.45) is 7.05 Å². The van der Waals surface area contributed by atoms with Gasteiger partial charge in [0.25, 0.3) is 0 Å². The zero-order chi connectivity index (χ0) is 10.3. The minimum Gasteiger partial charge on any atom is -0.375 e. The highest BCUT2D eigenvalue weighted by Crippen LogP contribution is 2.31. The van der Waals surface area contributed by atoms with Crippen LogP contribution in [0.15, 0.2) is 6.20 Å². The van der Waals surface area contributed by atoms with Gasteiger partial charge in [-0.1, -0.05) is 11.3 Å². The number of aromatic nitrogens is 3. The van der Waals surface area contributed by atoms with Gasteiger partial charge in [-0.2, -0.15) is 5.10 Å². The first-order valence-electron chi connectivity index (χ1n) is 4.31. The number of anilines is 1. The van der Waals surface area contributed by atoms with Crippen LogP contribution in [0.1, 0.15) is 11.4 Å². The third-order valence-corrected chi connectivity index (χ3v) is 3.12. The van der Waals surface area contributed by atoms with E-state index in [-0.39, 0.29) is 0 Å². The van der Waals surface area contributed by atoms with Crippen LogP contribution >= 0.6 is 11.3 Å². The van der Waals surface area contributed by atoms with Crippen molar-refractivity contribution in [3.63, 3.8) is 0 Å². The largest absolute Gasteiger partial charge is 0.375 e. The van der Waals surface area contributed by atoms with Crippen molar-refractivity contribution in [1.82, 2.24) is 14.8 Å². The molecular formula is C9H12N4S. The van der Waals surface area contributed by atoms with Gasteiger partial charge in [0.05, 0.1) is 10.6 Å². The summed E-state index contributed by atoms with van der Waals surface area (Å²) in [4.78, 5) is 5.13. The number of rotatable bonds is 1. The smallest absolute Gasteiger partial charge is 0.180 e. The number of hydrogen-bond acceptors (Lipinski definition) is 4. The van der Waals surface area contributed by atoms with E-state index >= 15 is 0 Å². The van der Waals surface area contributed by atoms with Crippen LogP contribution in [-0.4, -0.2) is 14.8 Å². The molecule has 0 spiro atoms. The maximum Gasteiger partial charge on any atom is 0.180 e. The Kier molecular flexibility index (Phi) is 2.03. The molecule has 2 heterocycles. The van der Waals surface area contributed by atoms with Crippen LogP contribution in [0.4, 0.5) is 5.13 Å². The van der Waals surface area contributed by atoms with E-state index in [1.165, 1.54) is 11.3 Å². The minimum absolute atomic E-state index is 0.600.